The standard InChI is InChI=1S/C11H12BrFN2S/c1-2-5-14-11(16)15-7-8-3-4-10(13)9(12)6-8/h2-4,6H,1,5,7H2,(H2,14,15,16). The summed E-state index contributed by atoms with van der Waals surface area (Å²) in [7, 11) is 0. The summed E-state index contributed by atoms with van der Waals surface area (Å²) in [5.74, 6) is -0.267. The minimum absolute atomic E-state index is 0.267. The summed E-state index contributed by atoms with van der Waals surface area (Å²) in [6.45, 7) is 4.76. The van der Waals surface area contributed by atoms with Gasteiger partial charge >= 0.3 is 0 Å². The molecule has 0 fully saturated rings. The highest BCUT2D eigenvalue weighted by atomic mass is 79.9. The molecule has 0 radical (unpaired) electrons. The lowest BCUT2D eigenvalue weighted by Gasteiger charge is -2.09. The molecule has 0 unspecified atom stereocenters. The second kappa shape index (κ2) is 6.60. The van der Waals surface area contributed by atoms with E-state index in [0.29, 0.717) is 22.7 Å². The third-order valence-corrected chi connectivity index (χ3v) is 2.74. The number of rotatable bonds is 4. The monoisotopic (exact) mass is 302 g/mol. The zero-order valence-electron chi connectivity index (χ0n) is 8.59. The average Bonchev–Trinajstić information content (AvgIpc) is 2.28. The van der Waals surface area contributed by atoms with Crippen LogP contribution in [0.3, 0.4) is 0 Å². The van der Waals surface area contributed by atoms with Crippen LogP contribution >= 0.6 is 28.1 Å². The molecule has 0 aliphatic heterocycles. The third-order valence-electron chi connectivity index (χ3n) is 1.84. The lowest BCUT2D eigenvalue weighted by molar-refractivity contribution is 0.620. The van der Waals surface area contributed by atoms with Gasteiger partial charge in [0.25, 0.3) is 0 Å². The average molecular weight is 303 g/mol. The first-order chi connectivity index (χ1) is 7.63. The molecule has 86 valence electrons. The van der Waals surface area contributed by atoms with Gasteiger partial charge in [-0.1, -0.05) is 12.1 Å². The first-order valence-corrected chi connectivity index (χ1v) is 5.90. The normalized spacial score (nSPS) is 9.62. The molecule has 1 aromatic rings. The Bertz CT molecular complexity index is 396. The minimum Gasteiger partial charge on any atom is -0.359 e. The van der Waals surface area contributed by atoms with E-state index in [-0.39, 0.29) is 5.82 Å². The predicted molar refractivity (Wildman–Crippen MR) is 71.7 cm³/mol. The Kier molecular flexibility index (Phi) is 5.42. The van der Waals surface area contributed by atoms with Gasteiger partial charge in [-0.15, -0.1) is 6.58 Å². The van der Waals surface area contributed by atoms with Crippen LogP contribution in [0.15, 0.2) is 35.3 Å². The maximum Gasteiger partial charge on any atom is 0.166 e. The van der Waals surface area contributed by atoms with Crippen molar-refractivity contribution >= 4 is 33.3 Å². The van der Waals surface area contributed by atoms with Crippen LogP contribution in [-0.4, -0.2) is 11.7 Å². The van der Waals surface area contributed by atoms with E-state index in [1.54, 1.807) is 18.2 Å². The quantitative estimate of drug-likeness (QED) is 0.661. The van der Waals surface area contributed by atoms with Gasteiger partial charge in [-0.25, -0.2) is 4.39 Å². The van der Waals surface area contributed by atoms with Crippen LogP contribution < -0.4 is 10.6 Å². The van der Waals surface area contributed by atoms with Crippen molar-refractivity contribution in [2.24, 2.45) is 0 Å². The van der Waals surface area contributed by atoms with Crippen LogP contribution in [-0.2, 0) is 6.54 Å². The molecule has 0 saturated heterocycles. The van der Waals surface area contributed by atoms with E-state index < -0.39 is 0 Å². The lowest BCUT2D eigenvalue weighted by atomic mass is 10.2. The second-order valence-corrected chi connectivity index (χ2v) is 4.36. The molecular weight excluding hydrogens is 291 g/mol. The Hall–Kier alpha value is -0.940. The van der Waals surface area contributed by atoms with Crippen molar-refractivity contribution in [1.82, 2.24) is 10.6 Å². The van der Waals surface area contributed by atoms with Gasteiger partial charge in [0.15, 0.2) is 5.11 Å². The minimum atomic E-state index is -0.267. The molecule has 16 heavy (non-hydrogen) atoms. The highest BCUT2D eigenvalue weighted by Gasteiger charge is 2.00. The third kappa shape index (κ3) is 4.28. The molecule has 0 aliphatic carbocycles. The Labute approximate surface area is 108 Å². The molecule has 1 rings (SSSR count). The fourth-order valence-electron chi connectivity index (χ4n) is 1.06. The van der Waals surface area contributed by atoms with E-state index >= 15 is 0 Å². The molecule has 0 atom stereocenters. The van der Waals surface area contributed by atoms with Crippen LogP contribution in [0.2, 0.25) is 0 Å². The van der Waals surface area contributed by atoms with Crippen LogP contribution in [0.25, 0.3) is 0 Å². The summed E-state index contributed by atoms with van der Waals surface area (Å²) in [6, 6.07) is 4.85. The maximum absolute atomic E-state index is 12.9. The first kappa shape index (κ1) is 13.1. The van der Waals surface area contributed by atoms with Crippen molar-refractivity contribution < 1.29 is 4.39 Å². The fraction of sp³-hybridized carbons (Fsp3) is 0.182. The first-order valence-electron chi connectivity index (χ1n) is 4.70. The van der Waals surface area contributed by atoms with Crippen molar-refractivity contribution in [1.29, 1.82) is 0 Å². The van der Waals surface area contributed by atoms with Gasteiger partial charge in [-0.05, 0) is 45.8 Å². The topological polar surface area (TPSA) is 24.1 Å². The molecule has 0 bridgehead atoms. The van der Waals surface area contributed by atoms with Gasteiger partial charge in [-0.3, -0.25) is 0 Å². The van der Waals surface area contributed by atoms with E-state index in [2.05, 4.69) is 33.1 Å². The lowest BCUT2D eigenvalue weighted by Crippen LogP contribution is -2.34. The zero-order valence-corrected chi connectivity index (χ0v) is 11.0. The number of halogens is 2. The summed E-state index contributed by atoms with van der Waals surface area (Å²) in [5.41, 5.74) is 0.955. The summed E-state index contributed by atoms with van der Waals surface area (Å²) in [4.78, 5) is 0. The Morgan fingerprint density at radius 1 is 1.50 bits per heavy atom. The molecular formula is C11H12BrFN2S. The van der Waals surface area contributed by atoms with Crippen LogP contribution in [0.4, 0.5) is 4.39 Å². The van der Waals surface area contributed by atoms with Gasteiger partial charge in [0.1, 0.15) is 5.82 Å². The molecule has 1 aromatic carbocycles. The summed E-state index contributed by atoms with van der Waals surface area (Å²) < 4.78 is 13.4. The highest BCUT2D eigenvalue weighted by molar-refractivity contribution is 9.10. The predicted octanol–water partition coefficient (Wildman–Crippen LogP) is 2.74. The largest absolute Gasteiger partial charge is 0.359 e. The molecule has 0 aromatic heterocycles. The van der Waals surface area contributed by atoms with Gasteiger partial charge in [-0.2, -0.15) is 0 Å². The van der Waals surface area contributed by atoms with Crippen molar-refractivity contribution in [3.63, 3.8) is 0 Å². The smallest absolute Gasteiger partial charge is 0.166 e. The SMILES string of the molecule is C=CCNC(=S)NCc1ccc(F)c(Br)c1. The number of thiocarbonyl (C=S) groups is 1. The number of hydrogen-bond acceptors (Lipinski definition) is 1. The highest BCUT2D eigenvalue weighted by Crippen LogP contribution is 2.16. The fourth-order valence-corrected chi connectivity index (χ4v) is 1.64. The molecule has 0 spiro atoms. The van der Waals surface area contributed by atoms with Gasteiger partial charge in [0, 0.05) is 13.1 Å². The van der Waals surface area contributed by atoms with Crippen molar-refractivity contribution in [2.75, 3.05) is 6.54 Å². The van der Waals surface area contributed by atoms with E-state index in [9.17, 15) is 4.39 Å². The van der Waals surface area contributed by atoms with Crippen molar-refractivity contribution in [3.8, 4) is 0 Å². The number of nitrogens with one attached hydrogen (secondary N) is 2. The summed E-state index contributed by atoms with van der Waals surface area (Å²) >= 11 is 8.15. The van der Waals surface area contributed by atoms with Crippen LogP contribution in [0.5, 0.6) is 0 Å². The Morgan fingerprint density at radius 3 is 2.88 bits per heavy atom. The molecule has 5 heteroatoms. The molecule has 0 saturated carbocycles. The Balaban J connectivity index is 2.45. The second-order valence-electron chi connectivity index (χ2n) is 3.10. The van der Waals surface area contributed by atoms with Gasteiger partial charge < -0.3 is 10.6 Å². The molecule has 0 amide bonds. The van der Waals surface area contributed by atoms with E-state index in [1.807, 2.05) is 0 Å². The summed E-state index contributed by atoms with van der Waals surface area (Å²) in [6.07, 6.45) is 1.72. The van der Waals surface area contributed by atoms with Crippen LogP contribution in [0.1, 0.15) is 5.56 Å². The van der Waals surface area contributed by atoms with E-state index in [0.717, 1.165) is 5.56 Å². The van der Waals surface area contributed by atoms with Gasteiger partial charge in [0.2, 0.25) is 0 Å². The zero-order chi connectivity index (χ0) is 12.0. The van der Waals surface area contributed by atoms with Crippen molar-refractivity contribution in [3.05, 3.63) is 46.7 Å². The summed E-state index contributed by atoms with van der Waals surface area (Å²) in [5, 5.41) is 6.51. The molecule has 0 aliphatic rings. The van der Waals surface area contributed by atoms with Crippen molar-refractivity contribution in [2.45, 2.75) is 6.54 Å². The molecule has 2 N–H and O–H groups in total. The number of hydrogen-bond donors (Lipinski definition) is 2. The molecule has 0 heterocycles. The van der Waals surface area contributed by atoms with Crippen LogP contribution in [0, 0.1) is 5.82 Å². The van der Waals surface area contributed by atoms with E-state index in [1.165, 1.54) is 6.07 Å². The van der Waals surface area contributed by atoms with Gasteiger partial charge in [0.05, 0.1) is 4.47 Å². The van der Waals surface area contributed by atoms with E-state index in [4.69, 9.17) is 12.2 Å². The molecule has 2 nitrogen and oxygen atoms in total. The Morgan fingerprint density at radius 2 is 2.25 bits per heavy atom. The number of benzene rings is 1. The maximum atomic E-state index is 12.9.